The fourth-order valence-electron chi connectivity index (χ4n) is 1.72. The fraction of sp³-hybridized carbons (Fsp3) is 0.357. The number of hydrogen-bond acceptors (Lipinski definition) is 3. The van der Waals surface area contributed by atoms with Crippen LogP contribution in [0.5, 0.6) is 11.5 Å². The van der Waals surface area contributed by atoms with E-state index in [2.05, 4.69) is 39.3 Å². The number of nitrogens with zero attached hydrogens (tertiary/aromatic N) is 2. The Labute approximate surface area is 121 Å². The maximum absolute atomic E-state index is 5.73. The first-order valence-electron chi connectivity index (χ1n) is 6.34. The van der Waals surface area contributed by atoms with Gasteiger partial charge in [0.15, 0.2) is 5.75 Å². The highest BCUT2D eigenvalue weighted by atomic mass is 79.9. The van der Waals surface area contributed by atoms with Crippen LogP contribution in [0.25, 0.3) is 0 Å². The van der Waals surface area contributed by atoms with Crippen LogP contribution in [0.15, 0.2) is 35.1 Å². The van der Waals surface area contributed by atoms with Crippen LogP contribution in [0.3, 0.4) is 0 Å². The standard InChI is InChI=1S/C14H18BrN3O/c1-3-6-16-8-11-4-5-12(7-14(11)15)19-13-9-17-18(2)10-13/h4-5,7,9-10,16H,3,6,8H2,1-2H3. The van der Waals surface area contributed by atoms with Gasteiger partial charge in [0.1, 0.15) is 5.75 Å². The lowest BCUT2D eigenvalue weighted by atomic mass is 10.2. The van der Waals surface area contributed by atoms with Gasteiger partial charge in [0.25, 0.3) is 0 Å². The molecule has 1 heterocycles. The molecule has 1 aromatic carbocycles. The number of rotatable bonds is 6. The molecule has 0 atom stereocenters. The summed E-state index contributed by atoms with van der Waals surface area (Å²) < 4.78 is 8.50. The minimum Gasteiger partial charge on any atom is -0.454 e. The van der Waals surface area contributed by atoms with Crippen LogP contribution in [0.4, 0.5) is 0 Å². The van der Waals surface area contributed by atoms with Crippen LogP contribution in [0, 0.1) is 0 Å². The molecule has 19 heavy (non-hydrogen) atoms. The van der Waals surface area contributed by atoms with Gasteiger partial charge in [-0.25, -0.2) is 0 Å². The Morgan fingerprint density at radius 2 is 2.21 bits per heavy atom. The average Bonchev–Trinajstić information content (AvgIpc) is 2.78. The van der Waals surface area contributed by atoms with E-state index in [-0.39, 0.29) is 0 Å². The molecule has 0 saturated heterocycles. The molecule has 4 nitrogen and oxygen atoms in total. The summed E-state index contributed by atoms with van der Waals surface area (Å²) in [7, 11) is 1.87. The van der Waals surface area contributed by atoms with E-state index in [0.717, 1.165) is 35.5 Å². The van der Waals surface area contributed by atoms with Crippen molar-refractivity contribution in [3.05, 3.63) is 40.6 Å². The van der Waals surface area contributed by atoms with Crippen molar-refractivity contribution in [3.8, 4) is 11.5 Å². The van der Waals surface area contributed by atoms with Crippen molar-refractivity contribution < 1.29 is 4.74 Å². The van der Waals surface area contributed by atoms with Gasteiger partial charge >= 0.3 is 0 Å². The van der Waals surface area contributed by atoms with Gasteiger partial charge in [-0.15, -0.1) is 0 Å². The monoisotopic (exact) mass is 323 g/mol. The number of nitrogens with one attached hydrogen (secondary N) is 1. The molecule has 0 radical (unpaired) electrons. The molecule has 0 aliphatic carbocycles. The van der Waals surface area contributed by atoms with Gasteiger partial charge in [-0.3, -0.25) is 4.68 Å². The first-order chi connectivity index (χ1) is 9.19. The predicted molar refractivity (Wildman–Crippen MR) is 79.4 cm³/mol. The van der Waals surface area contributed by atoms with E-state index < -0.39 is 0 Å². The molecule has 0 unspecified atom stereocenters. The van der Waals surface area contributed by atoms with Crippen molar-refractivity contribution in [2.75, 3.05) is 6.54 Å². The number of benzene rings is 1. The molecular formula is C14H18BrN3O. The molecule has 0 amide bonds. The average molecular weight is 324 g/mol. The summed E-state index contributed by atoms with van der Waals surface area (Å²) in [5, 5.41) is 7.45. The molecular weight excluding hydrogens is 306 g/mol. The highest BCUT2D eigenvalue weighted by Crippen LogP contribution is 2.26. The Balaban J connectivity index is 2.01. The van der Waals surface area contributed by atoms with Crippen LogP contribution >= 0.6 is 15.9 Å². The second kappa shape index (κ2) is 6.73. The highest BCUT2D eigenvalue weighted by molar-refractivity contribution is 9.10. The smallest absolute Gasteiger partial charge is 0.165 e. The van der Waals surface area contributed by atoms with E-state index in [4.69, 9.17) is 4.74 Å². The molecule has 0 fully saturated rings. The largest absolute Gasteiger partial charge is 0.454 e. The Bertz CT molecular complexity index is 539. The third-order valence-electron chi connectivity index (χ3n) is 2.68. The lowest BCUT2D eigenvalue weighted by Gasteiger charge is -2.08. The first kappa shape index (κ1) is 14.1. The molecule has 1 N–H and O–H groups in total. The SMILES string of the molecule is CCCNCc1ccc(Oc2cnn(C)c2)cc1Br. The normalized spacial score (nSPS) is 10.7. The zero-order valence-corrected chi connectivity index (χ0v) is 12.8. The molecule has 2 rings (SSSR count). The molecule has 0 spiro atoms. The van der Waals surface area contributed by atoms with Gasteiger partial charge in [-0.05, 0) is 30.7 Å². The molecule has 0 saturated carbocycles. The van der Waals surface area contributed by atoms with E-state index >= 15 is 0 Å². The summed E-state index contributed by atoms with van der Waals surface area (Å²) in [5.41, 5.74) is 1.23. The Kier molecular flexibility index (Phi) is 4.99. The maximum atomic E-state index is 5.73. The van der Waals surface area contributed by atoms with E-state index in [1.165, 1.54) is 5.56 Å². The van der Waals surface area contributed by atoms with Gasteiger partial charge < -0.3 is 10.1 Å². The number of hydrogen-bond donors (Lipinski definition) is 1. The van der Waals surface area contributed by atoms with Crippen LogP contribution < -0.4 is 10.1 Å². The Morgan fingerprint density at radius 1 is 1.37 bits per heavy atom. The minimum absolute atomic E-state index is 0.742. The number of aryl methyl sites for hydroxylation is 1. The molecule has 102 valence electrons. The predicted octanol–water partition coefficient (Wildman–Crippen LogP) is 3.47. The van der Waals surface area contributed by atoms with Crippen LogP contribution in [-0.2, 0) is 13.6 Å². The van der Waals surface area contributed by atoms with Crippen molar-refractivity contribution in [1.29, 1.82) is 0 Å². The quantitative estimate of drug-likeness (QED) is 0.827. The number of ether oxygens (including phenoxy) is 1. The second-order valence-electron chi connectivity index (χ2n) is 4.38. The zero-order valence-electron chi connectivity index (χ0n) is 11.2. The summed E-state index contributed by atoms with van der Waals surface area (Å²) in [6.45, 7) is 4.05. The van der Waals surface area contributed by atoms with Crippen LogP contribution in [0.1, 0.15) is 18.9 Å². The van der Waals surface area contributed by atoms with Crippen molar-refractivity contribution >= 4 is 15.9 Å². The molecule has 5 heteroatoms. The summed E-state index contributed by atoms with van der Waals surface area (Å²) in [6, 6.07) is 6.02. The lowest BCUT2D eigenvalue weighted by Crippen LogP contribution is -2.14. The van der Waals surface area contributed by atoms with Gasteiger partial charge in [-0.1, -0.05) is 28.9 Å². The summed E-state index contributed by atoms with van der Waals surface area (Å²) in [4.78, 5) is 0. The first-order valence-corrected chi connectivity index (χ1v) is 7.14. The topological polar surface area (TPSA) is 39.1 Å². The maximum Gasteiger partial charge on any atom is 0.165 e. The Hall–Kier alpha value is -1.33. The van der Waals surface area contributed by atoms with Crippen LogP contribution in [-0.4, -0.2) is 16.3 Å². The highest BCUT2D eigenvalue weighted by Gasteiger charge is 2.04. The van der Waals surface area contributed by atoms with E-state index in [9.17, 15) is 0 Å². The minimum atomic E-state index is 0.742. The molecule has 0 aliphatic heterocycles. The summed E-state index contributed by atoms with van der Waals surface area (Å²) >= 11 is 3.58. The second-order valence-corrected chi connectivity index (χ2v) is 5.24. The van der Waals surface area contributed by atoms with Crippen molar-refractivity contribution in [2.24, 2.45) is 7.05 Å². The van der Waals surface area contributed by atoms with Crippen LogP contribution in [0.2, 0.25) is 0 Å². The van der Waals surface area contributed by atoms with E-state index in [1.807, 2.05) is 25.4 Å². The Morgan fingerprint density at radius 3 is 2.84 bits per heavy atom. The third-order valence-corrected chi connectivity index (χ3v) is 3.42. The van der Waals surface area contributed by atoms with Gasteiger partial charge in [0.2, 0.25) is 0 Å². The molecule has 2 aromatic rings. The van der Waals surface area contributed by atoms with Crippen molar-refractivity contribution in [1.82, 2.24) is 15.1 Å². The third kappa shape index (κ3) is 4.08. The number of halogens is 1. The van der Waals surface area contributed by atoms with E-state index in [1.54, 1.807) is 10.9 Å². The molecule has 1 aromatic heterocycles. The van der Waals surface area contributed by atoms with Gasteiger partial charge in [0, 0.05) is 18.1 Å². The fourth-order valence-corrected chi connectivity index (χ4v) is 2.22. The van der Waals surface area contributed by atoms with Crippen molar-refractivity contribution in [2.45, 2.75) is 19.9 Å². The van der Waals surface area contributed by atoms with Crippen molar-refractivity contribution in [3.63, 3.8) is 0 Å². The zero-order chi connectivity index (χ0) is 13.7. The molecule has 0 aliphatic rings. The summed E-state index contributed by atoms with van der Waals surface area (Å²) in [6.07, 6.45) is 4.68. The number of aromatic nitrogens is 2. The van der Waals surface area contributed by atoms with Gasteiger partial charge in [0.05, 0.1) is 12.4 Å². The lowest BCUT2D eigenvalue weighted by molar-refractivity contribution is 0.481. The summed E-state index contributed by atoms with van der Waals surface area (Å²) in [5.74, 6) is 1.55. The molecule has 0 bridgehead atoms. The van der Waals surface area contributed by atoms with E-state index in [0.29, 0.717) is 0 Å². The van der Waals surface area contributed by atoms with Gasteiger partial charge in [-0.2, -0.15) is 5.10 Å².